The first kappa shape index (κ1) is 10.9. The molecular formula is C9H11ClN2O2. The summed E-state index contributed by atoms with van der Waals surface area (Å²) in [5, 5.41) is 9.25. The zero-order valence-corrected chi connectivity index (χ0v) is 8.45. The maximum atomic E-state index is 10.8. The van der Waals surface area contributed by atoms with Gasteiger partial charge in [-0.15, -0.1) is 0 Å². The number of aromatic nitrogens is 1. The number of hydrogen-bond acceptors (Lipinski definition) is 3. The summed E-state index contributed by atoms with van der Waals surface area (Å²) in [6.07, 6.45) is 3.21. The van der Waals surface area contributed by atoms with Gasteiger partial charge in [0.05, 0.1) is 5.02 Å². The molecule has 5 heteroatoms. The second kappa shape index (κ2) is 3.94. The van der Waals surface area contributed by atoms with Gasteiger partial charge in [-0.1, -0.05) is 11.6 Å². The Hall–Kier alpha value is -1.13. The van der Waals surface area contributed by atoms with Crippen molar-refractivity contribution in [3.8, 4) is 0 Å². The molecule has 0 aliphatic heterocycles. The van der Waals surface area contributed by atoms with E-state index in [-0.39, 0.29) is 6.42 Å². The van der Waals surface area contributed by atoms with Gasteiger partial charge in [-0.25, -0.2) is 0 Å². The van der Waals surface area contributed by atoms with Gasteiger partial charge in [0, 0.05) is 18.8 Å². The molecule has 0 saturated carbocycles. The number of aliphatic carboxylic acids is 1. The summed E-state index contributed by atoms with van der Waals surface area (Å²) >= 11 is 5.82. The number of rotatable bonds is 3. The second-order valence-electron chi connectivity index (χ2n) is 3.37. The molecule has 1 aromatic heterocycles. The summed E-state index contributed by atoms with van der Waals surface area (Å²) in [5.74, 6) is -1.05. The smallest absolute Gasteiger partial charge is 0.323 e. The van der Waals surface area contributed by atoms with Crippen LogP contribution in [0.15, 0.2) is 18.5 Å². The van der Waals surface area contributed by atoms with Crippen LogP contribution in [0.1, 0.15) is 12.5 Å². The zero-order chi connectivity index (χ0) is 10.8. The number of hydrogen-bond donors (Lipinski definition) is 2. The topological polar surface area (TPSA) is 76.2 Å². The fourth-order valence-corrected chi connectivity index (χ4v) is 1.20. The predicted octanol–water partition coefficient (Wildman–Crippen LogP) is 1.08. The van der Waals surface area contributed by atoms with Crippen molar-refractivity contribution in [3.63, 3.8) is 0 Å². The number of carboxylic acids is 1. The summed E-state index contributed by atoms with van der Waals surface area (Å²) < 4.78 is 0. The Morgan fingerprint density at radius 2 is 2.43 bits per heavy atom. The molecule has 0 radical (unpaired) electrons. The van der Waals surface area contributed by atoms with Gasteiger partial charge in [-0.05, 0) is 18.6 Å². The van der Waals surface area contributed by atoms with Crippen LogP contribution in [-0.4, -0.2) is 21.6 Å². The van der Waals surface area contributed by atoms with Crippen molar-refractivity contribution in [2.45, 2.75) is 18.9 Å². The highest BCUT2D eigenvalue weighted by Crippen LogP contribution is 2.18. The molecule has 1 unspecified atom stereocenters. The van der Waals surface area contributed by atoms with Crippen LogP contribution in [0.25, 0.3) is 0 Å². The van der Waals surface area contributed by atoms with Crippen molar-refractivity contribution in [2.24, 2.45) is 5.73 Å². The van der Waals surface area contributed by atoms with E-state index in [0.717, 1.165) is 0 Å². The first-order chi connectivity index (χ1) is 6.43. The first-order valence-corrected chi connectivity index (χ1v) is 4.42. The summed E-state index contributed by atoms with van der Waals surface area (Å²) in [4.78, 5) is 14.6. The Morgan fingerprint density at radius 1 is 1.79 bits per heavy atom. The van der Waals surface area contributed by atoms with E-state index in [9.17, 15) is 4.79 Å². The normalized spacial score (nSPS) is 14.8. The van der Waals surface area contributed by atoms with Crippen LogP contribution in [0.4, 0.5) is 0 Å². The van der Waals surface area contributed by atoms with E-state index in [4.69, 9.17) is 22.4 Å². The van der Waals surface area contributed by atoms with Crippen molar-refractivity contribution in [1.29, 1.82) is 0 Å². The van der Waals surface area contributed by atoms with Gasteiger partial charge in [0.1, 0.15) is 5.54 Å². The van der Waals surface area contributed by atoms with E-state index in [1.807, 2.05) is 0 Å². The van der Waals surface area contributed by atoms with Gasteiger partial charge in [-0.2, -0.15) is 0 Å². The van der Waals surface area contributed by atoms with Crippen LogP contribution in [0, 0.1) is 0 Å². The van der Waals surface area contributed by atoms with Crippen LogP contribution >= 0.6 is 11.6 Å². The standard InChI is InChI=1S/C9H11ClN2O2/c1-9(11,8(13)14)4-6-2-3-12-5-7(6)10/h2-3,5H,4,11H2,1H3,(H,13,14). The third-order valence-electron chi connectivity index (χ3n) is 1.90. The second-order valence-corrected chi connectivity index (χ2v) is 3.77. The Bertz CT molecular complexity index is 352. The van der Waals surface area contributed by atoms with E-state index in [0.29, 0.717) is 10.6 Å². The molecule has 0 fully saturated rings. The van der Waals surface area contributed by atoms with E-state index in [1.165, 1.54) is 13.1 Å². The molecule has 0 aliphatic carbocycles. The number of halogens is 1. The average molecular weight is 215 g/mol. The Kier molecular flexibility index (Phi) is 3.08. The molecule has 3 N–H and O–H groups in total. The highest BCUT2D eigenvalue weighted by Gasteiger charge is 2.28. The van der Waals surface area contributed by atoms with E-state index in [1.54, 1.807) is 12.3 Å². The molecular weight excluding hydrogens is 204 g/mol. The third kappa shape index (κ3) is 2.43. The minimum absolute atomic E-state index is 0.184. The summed E-state index contributed by atoms with van der Waals surface area (Å²) in [6.45, 7) is 1.45. The van der Waals surface area contributed by atoms with Gasteiger partial charge in [0.25, 0.3) is 0 Å². The predicted molar refractivity (Wildman–Crippen MR) is 53.2 cm³/mol. The van der Waals surface area contributed by atoms with Gasteiger partial charge >= 0.3 is 5.97 Å². The fourth-order valence-electron chi connectivity index (χ4n) is 1.02. The number of nitrogens with zero attached hydrogens (tertiary/aromatic N) is 1. The van der Waals surface area contributed by atoms with Crippen LogP contribution in [0.5, 0.6) is 0 Å². The maximum absolute atomic E-state index is 10.8. The van der Waals surface area contributed by atoms with Crippen molar-refractivity contribution >= 4 is 17.6 Å². The zero-order valence-electron chi connectivity index (χ0n) is 7.70. The highest BCUT2D eigenvalue weighted by atomic mass is 35.5. The quantitative estimate of drug-likeness (QED) is 0.790. The van der Waals surface area contributed by atoms with Crippen molar-refractivity contribution < 1.29 is 9.90 Å². The fraction of sp³-hybridized carbons (Fsp3) is 0.333. The van der Waals surface area contributed by atoms with Crippen LogP contribution in [0.2, 0.25) is 5.02 Å². The number of pyridine rings is 1. The summed E-state index contributed by atoms with van der Waals surface area (Å²) in [7, 11) is 0. The number of nitrogens with two attached hydrogens (primary N) is 1. The average Bonchev–Trinajstić information content (AvgIpc) is 2.08. The lowest BCUT2D eigenvalue weighted by Gasteiger charge is -2.19. The van der Waals surface area contributed by atoms with Gasteiger partial charge < -0.3 is 10.8 Å². The number of carboxylic acid groups (broad SMARTS) is 1. The molecule has 1 aromatic rings. The molecule has 0 saturated heterocycles. The van der Waals surface area contributed by atoms with Gasteiger partial charge in [0.15, 0.2) is 0 Å². The van der Waals surface area contributed by atoms with Crippen LogP contribution in [-0.2, 0) is 11.2 Å². The lowest BCUT2D eigenvalue weighted by atomic mass is 9.95. The largest absolute Gasteiger partial charge is 0.480 e. The van der Waals surface area contributed by atoms with E-state index >= 15 is 0 Å². The highest BCUT2D eigenvalue weighted by molar-refractivity contribution is 6.31. The molecule has 0 aromatic carbocycles. The molecule has 0 bridgehead atoms. The lowest BCUT2D eigenvalue weighted by Crippen LogP contribution is -2.46. The lowest BCUT2D eigenvalue weighted by molar-refractivity contribution is -0.142. The Balaban J connectivity index is 2.89. The van der Waals surface area contributed by atoms with Crippen molar-refractivity contribution in [2.75, 3.05) is 0 Å². The van der Waals surface area contributed by atoms with Crippen molar-refractivity contribution in [3.05, 3.63) is 29.0 Å². The Morgan fingerprint density at radius 3 is 2.93 bits per heavy atom. The molecule has 1 atom stereocenters. The molecule has 1 heterocycles. The Labute approximate surface area is 86.7 Å². The van der Waals surface area contributed by atoms with Gasteiger partial charge in [-0.3, -0.25) is 9.78 Å². The first-order valence-electron chi connectivity index (χ1n) is 4.04. The van der Waals surface area contributed by atoms with Crippen LogP contribution < -0.4 is 5.73 Å². The molecule has 76 valence electrons. The molecule has 0 amide bonds. The molecule has 4 nitrogen and oxygen atoms in total. The number of carbonyl (C=O) groups is 1. The van der Waals surface area contributed by atoms with Crippen molar-refractivity contribution in [1.82, 2.24) is 4.98 Å². The minimum atomic E-state index is -1.30. The van der Waals surface area contributed by atoms with E-state index in [2.05, 4.69) is 4.98 Å². The van der Waals surface area contributed by atoms with Gasteiger partial charge in [0.2, 0.25) is 0 Å². The van der Waals surface area contributed by atoms with E-state index < -0.39 is 11.5 Å². The third-order valence-corrected chi connectivity index (χ3v) is 2.24. The minimum Gasteiger partial charge on any atom is -0.480 e. The molecule has 0 aliphatic rings. The monoisotopic (exact) mass is 214 g/mol. The summed E-state index contributed by atoms with van der Waals surface area (Å²) in [6, 6.07) is 1.66. The van der Waals surface area contributed by atoms with Crippen LogP contribution in [0.3, 0.4) is 0 Å². The molecule has 0 spiro atoms. The SMILES string of the molecule is CC(N)(Cc1ccncc1Cl)C(=O)O. The maximum Gasteiger partial charge on any atom is 0.323 e. The molecule has 1 rings (SSSR count). The summed E-state index contributed by atoms with van der Waals surface area (Å²) in [5.41, 5.74) is 4.97. The molecule has 14 heavy (non-hydrogen) atoms.